The number of ketones is 1. The van der Waals surface area contributed by atoms with Gasteiger partial charge in [0.2, 0.25) is 0 Å². The molecule has 6 heteroatoms. The Kier molecular flexibility index (Phi) is 3.43. The molecule has 138 valence electrons. The van der Waals surface area contributed by atoms with Crippen LogP contribution in [0.2, 0.25) is 0 Å². The van der Waals surface area contributed by atoms with Crippen LogP contribution in [0.3, 0.4) is 0 Å². The van der Waals surface area contributed by atoms with Crippen molar-refractivity contribution in [2.24, 2.45) is 23.2 Å². The molecule has 1 aliphatic heterocycles. The molecule has 3 amide bonds. The molecule has 0 radical (unpaired) electrons. The second-order valence-electron chi connectivity index (χ2n) is 9.08. The van der Waals surface area contributed by atoms with Gasteiger partial charge in [0.05, 0.1) is 6.54 Å². The van der Waals surface area contributed by atoms with Crippen LogP contribution in [0, 0.1) is 23.2 Å². The summed E-state index contributed by atoms with van der Waals surface area (Å²) in [5, 5.41) is 6.57. The maximum absolute atomic E-state index is 13.3. The van der Waals surface area contributed by atoms with E-state index in [1.165, 1.54) is 30.6 Å². The first kappa shape index (κ1) is 16.5. The van der Waals surface area contributed by atoms with Crippen LogP contribution in [0.15, 0.2) is 16.8 Å². The Bertz CT molecular complexity index is 752. The van der Waals surface area contributed by atoms with Crippen LogP contribution in [0.25, 0.3) is 0 Å². The summed E-state index contributed by atoms with van der Waals surface area (Å²) in [6, 6.07) is 1.41. The SMILES string of the molecule is C[C@@]1(c2ccsc2)NC(=O)N(CC(=O)C23CC4CC(CC(C4)C2)C3)C1=O. The van der Waals surface area contributed by atoms with E-state index in [9.17, 15) is 14.4 Å². The van der Waals surface area contributed by atoms with E-state index < -0.39 is 11.6 Å². The first-order valence-corrected chi connectivity index (χ1v) is 10.5. The molecule has 4 saturated carbocycles. The quantitative estimate of drug-likeness (QED) is 0.825. The van der Waals surface area contributed by atoms with E-state index in [-0.39, 0.29) is 23.7 Å². The number of urea groups is 1. The lowest BCUT2D eigenvalue weighted by Crippen LogP contribution is -2.53. The molecular weight excluding hydrogens is 348 g/mol. The zero-order valence-corrected chi connectivity index (χ0v) is 15.8. The summed E-state index contributed by atoms with van der Waals surface area (Å²) in [5.74, 6) is 1.81. The van der Waals surface area contributed by atoms with E-state index in [0.717, 1.165) is 29.7 Å². The number of amides is 3. The molecule has 0 unspecified atom stereocenters. The number of imide groups is 1. The molecule has 5 aliphatic rings. The van der Waals surface area contributed by atoms with Crippen LogP contribution in [-0.4, -0.2) is 29.2 Å². The van der Waals surface area contributed by atoms with Crippen molar-refractivity contribution in [3.63, 3.8) is 0 Å². The smallest absolute Gasteiger partial charge is 0.319 e. The van der Waals surface area contributed by atoms with Crippen molar-refractivity contribution in [3.8, 4) is 0 Å². The summed E-state index contributed by atoms with van der Waals surface area (Å²) in [5.41, 5.74) is -0.555. The standard InChI is InChI=1S/C20H24N2O3S/c1-19(15-2-3-26-11-15)17(24)22(18(25)21-19)10-16(23)20-7-12-4-13(8-20)6-14(5-12)9-20/h2-3,11-14H,4-10H2,1H3,(H,21,25)/t12?,13?,14?,19-,20?/m0/s1. The predicted octanol–water partition coefficient (Wildman–Crippen LogP) is 3.30. The summed E-state index contributed by atoms with van der Waals surface area (Å²) in [4.78, 5) is 39.9. The number of carbonyl (C=O) groups excluding carboxylic acids is 3. The molecule has 0 aromatic carbocycles. The number of carbonyl (C=O) groups is 3. The molecule has 0 spiro atoms. The highest BCUT2D eigenvalue weighted by Crippen LogP contribution is 2.60. The summed E-state index contributed by atoms with van der Waals surface area (Å²) in [6.45, 7) is 1.65. The zero-order valence-electron chi connectivity index (χ0n) is 15.0. The van der Waals surface area contributed by atoms with Gasteiger partial charge in [-0.3, -0.25) is 14.5 Å². The van der Waals surface area contributed by atoms with Gasteiger partial charge < -0.3 is 5.32 Å². The van der Waals surface area contributed by atoms with E-state index in [1.807, 2.05) is 16.8 Å². The number of hydrogen-bond donors (Lipinski definition) is 1. The topological polar surface area (TPSA) is 66.5 Å². The van der Waals surface area contributed by atoms with E-state index in [0.29, 0.717) is 17.8 Å². The Hall–Kier alpha value is -1.69. The van der Waals surface area contributed by atoms with E-state index >= 15 is 0 Å². The normalized spacial score (nSPS) is 41.0. The second-order valence-corrected chi connectivity index (χ2v) is 9.86. The van der Waals surface area contributed by atoms with Crippen molar-refractivity contribution in [3.05, 3.63) is 22.4 Å². The fraction of sp³-hybridized carbons (Fsp3) is 0.650. The van der Waals surface area contributed by atoms with Crippen LogP contribution in [0.4, 0.5) is 4.79 Å². The molecule has 5 fully saturated rings. The van der Waals surface area contributed by atoms with Gasteiger partial charge in [0, 0.05) is 5.41 Å². The van der Waals surface area contributed by atoms with Gasteiger partial charge in [0.25, 0.3) is 5.91 Å². The van der Waals surface area contributed by atoms with Crippen molar-refractivity contribution < 1.29 is 14.4 Å². The maximum Gasteiger partial charge on any atom is 0.325 e. The Morgan fingerprint density at radius 1 is 1.19 bits per heavy atom. The third-order valence-corrected chi connectivity index (χ3v) is 7.99. The summed E-state index contributed by atoms with van der Waals surface area (Å²) >= 11 is 1.49. The largest absolute Gasteiger partial charge is 0.325 e. The Labute approximate surface area is 157 Å². The highest BCUT2D eigenvalue weighted by Gasteiger charge is 2.56. The van der Waals surface area contributed by atoms with Gasteiger partial charge in [-0.1, -0.05) is 0 Å². The van der Waals surface area contributed by atoms with Crippen LogP contribution in [0.5, 0.6) is 0 Å². The molecule has 1 atom stereocenters. The van der Waals surface area contributed by atoms with Crippen LogP contribution in [-0.2, 0) is 15.1 Å². The Balaban J connectivity index is 1.37. The number of thiophene rings is 1. The second kappa shape index (κ2) is 5.41. The molecule has 1 aromatic heterocycles. The third kappa shape index (κ3) is 2.24. The van der Waals surface area contributed by atoms with Crippen molar-refractivity contribution in [2.75, 3.05) is 6.54 Å². The minimum Gasteiger partial charge on any atom is -0.319 e. The molecule has 6 rings (SSSR count). The maximum atomic E-state index is 13.3. The molecule has 4 bridgehead atoms. The van der Waals surface area contributed by atoms with Crippen molar-refractivity contribution >= 4 is 29.1 Å². The van der Waals surface area contributed by atoms with Gasteiger partial charge in [-0.2, -0.15) is 11.3 Å². The van der Waals surface area contributed by atoms with Crippen LogP contribution >= 0.6 is 11.3 Å². The lowest BCUT2D eigenvalue weighted by Gasteiger charge is -2.56. The molecule has 2 heterocycles. The summed E-state index contributed by atoms with van der Waals surface area (Å²) in [7, 11) is 0. The average molecular weight is 372 g/mol. The van der Waals surface area contributed by atoms with Gasteiger partial charge >= 0.3 is 6.03 Å². The Morgan fingerprint density at radius 2 is 1.81 bits per heavy atom. The zero-order chi connectivity index (χ0) is 18.1. The van der Waals surface area contributed by atoms with Crippen molar-refractivity contribution in [2.45, 2.75) is 51.0 Å². The molecule has 4 aliphatic carbocycles. The molecule has 1 aromatic rings. The fourth-order valence-electron chi connectivity index (χ4n) is 6.35. The minimum absolute atomic E-state index is 0.0729. The lowest BCUT2D eigenvalue weighted by molar-refractivity contribution is -0.147. The van der Waals surface area contributed by atoms with E-state index in [2.05, 4.69) is 5.32 Å². The van der Waals surface area contributed by atoms with Gasteiger partial charge in [-0.15, -0.1) is 0 Å². The van der Waals surface area contributed by atoms with Gasteiger partial charge in [-0.25, -0.2) is 4.79 Å². The number of nitrogens with zero attached hydrogens (tertiary/aromatic N) is 1. The summed E-state index contributed by atoms with van der Waals surface area (Å²) < 4.78 is 0. The number of nitrogens with one attached hydrogen (secondary N) is 1. The third-order valence-electron chi connectivity index (χ3n) is 7.30. The highest BCUT2D eigenvalue weighted by atomic mass is 32.1. The average Bonchev–Trinajstić information content (AvgIpc) is 3.18. The summed E-state index contributed by atoms with van der Waals surface area (Å²) in [6.07, 6.45) is 6.69. The van der Waals surface area contributed by atoms with Crippen LogP contribution < -0.4 is 5.32 Å². The predicted molar refractivity (Wildman–Crippen MR) is 97.5 cm³/mol. The first-order valence-electron chi connectivity index (χ1n) is 9.60. The van der Waals surface area contributed by atoms with Gasteiger partial charge in [0.15, 0.2) is 5.78 Å². The van der Waals surface area contributed by atoms with Crippen LogP contribution in [0.1, 0.15) is 51.0 Å². The lowest BCUT2D eigenvalue weighted by atomic mass is 9.48. The minimum atomic E-state index is -1.06. The number of hydrogen-bond acceptors (Lipinski definition) is 4. The number of Topliss-reactive ketones (excluding diaryl/α,β-unsaturated/α-hetero) is 1. The Morgan fingerprint density at radius 3 is 2.35 bits per heavy atom. The van der Waals surface area contributed by atoms with E-state index in [1.54, 1.807) is 6.92 Å². The first-order chi connectivity index (χ1) is 12.4. The molecule has 1 N–H and O–H groups in total. The van der Waals surface area contributed by atoms with Crippen molar-refractivity contribution in [1.29, 1.82) is 0 Å². The molecule has 5 nitrogen and oxygen atoms in total. The number of rotatable bonds is 4. The molecule has 26 heavy (non-hydrogen) atoms. The van der Waals surface area contributed by atoms with Gasteiger partial charge in [0.1, 0.15) is 5.54 Å². The van der Waals surface area contributed by atoms with E-state index in [4.69, 9.17) is 0 Å². The highest BCUT2D eigenvalue weighted by molar-refractivity contribution is 7.08. The van der Waals surface area contributed by atoms with Crippen molar-refractivity contribution in [1.82, 2.24) is 10.2 Å². The van der Waals surface area contributed by atoms with Gasteiger partial charge in [-0.05, 0) is 85.6 Å². The monoisotopic (exact) mass is 372 g/mol. The fourth-order valence-corrected chi connectivity index (χ4v) is 7.11. The molecular formula is C20H24N2O3S. The molecule has 1 saturated heterocycles.